The van der Waals surface area contributed by atoms with Crippen LogP contribution in [0.5, 0.6) is 0 Å². The van der Waals surface area contributed by atoms with Gasteiger partial charge in [-0.05, 0) is 26.3 Å². The molecule has 0 aliphatic rings. The van der Waals surface area contributed by atoms with Gasteiger partial charge in [0, 0.05) is 0 Å². The van der Waals surface area contributed by atoms with Gasteiger partial charge in [0.1, 0.15) is 5.92 Å². The average Bonchev–Trinajstić information content (AvgIpc) is 2.45. The van der Waals surface area contributed by atoms with E-state index in [1.54, 1.807) is 0 Å². The van der Waals surface area contributed by atoms with Gasteiger partial charge in [-0.15, -0.1) is 0 Å². The maximum atomic E-state index is 12.2. The van der Waals surface area contributed by atoms with E-state index in [0.29, 0.717) is 6.61 Å². The highest BCUT2D eigenvalue weighted by Crippen LogP contribution is 2.21. The zero-order chi connectivity index (χ0) is 14.3. The Bertz CT molecular complexity index is 385. The fourth-order valence-electron chi connectivity index (χ4n) is 2.17. The number of rotatable bonds is 7. The minimum absolute atomic E-state index is 0.111. The summed E-state index contributed by atoms with van der Waals surface area (Å²) in [4.78, 5) is 12.2. The number of hydrogen-bond acceptors (Lipinski definition) is 2. The van der Waals surface area contributed by atoms with Crippen molar-refractivity contribution < 1.29 is 14.0 Å². The van der Waals surface area contributed by atoms with Crippen molar-refractivity contribution in [3.05, 3.63) is 35.9 Å². The summed E-state index contributed by atoms with van der Waals surface area (Å²) >= 11 is 0. The van der Waals surface area contributed by atoms with Crippen LogP contribution in [0, 0.1) is 0 Å². The van der Waals surface area contributed by atoms with E-state index in [1.807, 2.05) is 37.3 Å². The second kappa shape index (κ2) is 7.29. The van der Waals surface area contributed by atoms with Crippen LogP contribution in [0.3, 0.4) is 0 Å². The smallest absolute Gasteiger partial charge is 0.319 e. The lowest BCUT2D eigenvalue weighted by Crippen LogP contribution is -2.47. The Morgan fingerprint density at radius 1 is 1.16 bits per heavy atom. The van der Waals surface area contributed by atoms with E-state index >= 15 is 0 Å². The molecule has 106 valence electrons. The summed E-state index contributed by atoms with van der Waals surface area (Å²) in [6.07, 6.45) is 0. The number of ether oxygens (including phenoxy) is 1. The summed E-state index contributed by atoms with van der Waals surface area (Å²) in [6, 6.07) is 9.95. The van der Waals surface area contributed by atoms with Crippen LogP contribution in [0.4, 0.5) is 0 Å². The second-order valence-electron chi connectivity index (χ2n) is 5.15. The Kier molecular flexibility index (Phi) is 6.03. The van der Waals surface area contributed by atoms with E-state index < -0.39 is 0 Å². The van der Waals surface area contributed by atoms with Gasteiger partial charge in [0.25, 0.3) is 0 Å². The van der Waals surface area contributed by atoms with Gasteiger partial charge in [0.05, 0.1) is 33.3 Å². The van der Waals surface area contributed by atoms with E-state index in [4.69, 9.17) is 4.74 Å². The fraction of sp³-hybridized carbons (Fsp3) is 0.562. The molecule has 1 rings (SSSR count). The first kappa shape index (κ1) is 15.7. The summed E-state index contributed by atoms with van der Waals surface area (Å²) in [6.45, 7) is 9.43. The summed E-state index contributed by atoms with van der Waals surface area (Å²) in [5, 5.41) is 0. The molecule has 0 aliphatic carbocycles. The van der Waals surface area contributed by atoms with E-state index in [1.165, 1.54) is 0 Å². The molecule has 0 fully saturated rings. The van der Waals surface area contributed by atoms with E-state index in [-0.39, 0.29) is 11.9 Å². The van der Waals surface area contributed by atoms with Crippen molar-refractivity contribution in [1.29, 1.82) is 0 Å². The van der Waals surface area contributed by atoms with Crippen molar-refractivity contribution in [1.82, 2.24) is 0 Å². The highest BCUT2D eigenvalue weighted by molar-refractivity contribution is 5.78. The molecule has 0 aliphatic heterocycles. The maximum Gasteiger partial charge on any atom is 0.319 e. The predicted octanol–water partition coefficient (Wildman–Crippen LogP) is 2.82. The zero-order valence-corrected chi connectivity index (χ0v) is 12.6. The molecule has 0 saturated heterocycles. The van der Waals surface area contributed by atoms with Crippen LogP contribution >= 0.6 is 0 Å². The third kappa shape index (κ3) is 4.35. The number of carbonyl (C=O) groups excluding carboxylic acids is 1. The number of esters is 1. The largest absolute Gasteiger partial charge is 0.465 e. The lowest BCUT2D eigenvalue weighted by Gasteiger charge is -2.35. The van der Waals surface area contributed by atoms with Crippen LogP contribution in [-0.2, 0) is 9.53 Å². The van der Waals surface area contributed by atoms with Crippen molar-refractivity contribution >= 4 is 5.97 Å². The minimum atomic E-state index is -0.175. The van der Waals surface area contributed by atoms with E-state index in [0.717, 1.165) is 29.7 Å². The molecule has 1 aromatic rings. The summed E-state index contributed by atoms with van der Waals surface area (Å²) in [7, 11) is 2.19. The number of hydrogen-bond donors (Lipinski definition) is 0. The number of benzene rings is 1. The van der Waals surface area contributed by atoms with E-state index in [2.05, 4.69) is 20.9 Å². The lowest BCUT2D eigenvalue weighted by atomic mass is 9.97. The summed E-state index contributed by atoms with van der Waals surface area (Å²) < 4.78 is 6.12. The van der Waals surface area contributed by atoms with Crippen LogP contribution in [0.1, 0.15) is 32.3 Å². The number of likely N-dealkylation sites (N-methyl/N-ethyl adjacent to an activating group) is 1. The standard InChI is InChI=1S/C16H26NO2/c1-5-17(4,6-2)13-15(16(18)19-7-3)14-11-9-8-10-12-14/h8-12,15H,5-7,13H2,1-4H3/q+1/t15-/m0/s1. The summed E-state index contributed by atoms with van der Waals surface area (Å²) in [5.74, 6) is -0.286. The molecule has 1 atom stereocenters. The molecule has 0 heterocycles. The third-order valence-corrected chi connectivity index (χ3v) is 3.92. The van der Waals surface area contributed by atoms with Crippen LogP contribution < -0.4 is 0 Å². The van der Waals surface area contributed by atoms with Crippen LogP contribution in [0.2, 0.25) is 0 Å². The van der Waals surface area contributed by atoms with Crippen molar-refractivity contribution in [3.8, 4) is 0 Å². The van der Waals surface area contributed by atoms with Gasteiger partial charge in [0.15, 0.2) is 0 Å². The summed E-state index contributed by atoms with van der Waals surface area (Å²) in [5.41, 5.74) is 1.05. The van der Waals surface area contributed by atoms with Crippen LogP contribution in [-0.4, -0.2) is 43.7 Å². The Balaban J connectivity index is 2.97. The van der Waals surface area contributed by atoms with Crippen molar-refractivity contribution in [2.24, 2.45) is 0 Å². The molecular weight excluding hydrogens is 238 g/mol. The topological polar surface area (TPSA) is 26.3 Å². The van der Waals surface area contributed by atoms with Gasteiger partial charge in [-0.1, -0.05) is 30.3 Å². The normalized spacial score (nSPS) is 13.1. The second-order valence-corrected chi connectivity index (χ2v) is 5.15. The monoisotopic (exact) mass is 264 g/mol. The molecule has 0 bridgehead atoms. The Morgan fingerprint density at radius 2 is 1.74 bits per heavy atom. The SMILES string of the molecule is CCOC(=O)[C@@H](C[N+](C)(CC)CC)c1ccccc1. The molecule has 3 heteroatoms. The quantitative estimate of drug-likeness (QED) is 0.559. The zero-order valence-electron chi connectivity index (χ0n) is 12.6. The molecule has 0 spiro atoms. The number of nitrogens with zero attached hydrogens (tertiary/aromatic N) is 1. The van der Waals surface area contributed by atoms with Gasteiger partial charge in [-0.25, -0.2) is 0 Å². The first-order valence-corrected chi connectivity index (χ1v) is 7.11. The van der Waals surface area contributed by atoms with Gasteiger partial charge >= 0.3 is 5.97 Å². The van der Waals surface area contributed by atoms with Gasteiger partial charge in [-0.3, -0.25) is 4.79 Å². The molecule has 0 aromatic heterocycles. The highest BCUT2D eigenvalue weighted by atomic mass is 16.5. The molecule has 1 aromatic carbocycles. The van der Waals surface area contributed by atoms with Crippen molar-refractivity contribution in [2.75, 3.05) is 33.3 Å². The number of carbonyl (C=O) groups is 1. The van der Waals surface area contributed by atoms with Gasteiger partial charge in [0.2, 0.25) is 0 Å². The van der Waals surface area contributed by atoms with Crippen LogP contribution in [0.25, 0.3) is 0 Å². The minimum Gasteiger partial charge on any atom is -0.465 e. The van der Waals surface area contributed by atoms with Gasteiger partial charge < -0.3 is 9.22 Å². The van der Waals surface area contributed by atoms with Crippen molar-refractivity contribution in [2.45, 2.75) is 26.7 Å². The Labute approximate surface area is 116 Å². The third-order valence-electron chi connectivity index (χ3n) is 3.92. The van der Waals surface area contributed by atoms with Crippen LogP contribution in [0.15, 0.2) is 30.3 Å². The molecule has 0 N–H and O–H groups in total. The predicted molar refractivity (Wildman–Crippen MR) is 77.9 cm³/mol. The molecule has 0 saturated carbocycles. The first-order chi connectivity index (χ1) is 9.06. The molecule has 0 amide bonds. The first-order valence-electron chi connectivity index (χ1n) is 7.11. The van der Waals surface area contributed by atoms with E-state index in [9.17, 15) is 4.79 Å². The lowest BCUT2D eigenvalue weighted by molar-refractivity contribution is -0.906. The Hall–Kier alpha value is -1.35. The Morgan fingerprint density at radius 3 is 2.21 bits per heavy atom. The molecule has 0 unspecified atom stereocenters. The molecule has 0 radical (unpaired) electrons. The van der Waals surface area contributed by atoms with Crippen molar-refractivity contribution in [3.63, 3.8) is 0 Å². The molecule has 3 nitrogen and oxygen atoms in total. The maximum absolute atomic E-state index is 12.2. The average molecular weight is 264 g/mol. The number of quaternary nitrogens is 1. The van der Waals surface area contributed by atoms with Gasteiger partial charge in [-0.2, -0.15) is 0 Å². The molecular formula is C16H26NO2+. The molecule has 19 heavy (non-hydrogen) atoms. The fourth-order valence-corrected chi connectivity index (χ4v) is 2.17. The highest BCUT2D eigenvalue weighted by Gasteiger charge is 2.30.